The molecule has 6 N–H and O–H groups in total. The second-order valence-corrected chi connectivity index (χ2v) is 44.4. The third-order valence-corrected chi connectivity index (χ3v) is 27.0. The van der Waals surface area contributed by atoms with Crippen LogP contribution in [0.1, 0.15) is 220 Å². The van der Waals surface area contributed by atoms with E-state index in [1.807, 2.05) is 218 Å². The molecule has 4 aliphatic rings. The number of ether oxygens (including phenoxy) is 3. The van der Waals surface area contributed by atoms with Gasteiger partial charge in [0.25, 0.3) is 21.0 Å². The van der Waals surface area contributed by atoms with Gasteiger partial charge in [0.2, 0.25) is 9.23 Å². The number of aliphatic hydroxyl groups is 1. The minimum Gasteiger partial charge on any atom is -1.00 e. The van der Waals surface area contributed by atoms with E-state index in [9.17, 15) is 58.1 Å². The third-order valence-electron chi connectivity index (χ3n) is 26.1. The first-order valence-electron chi connectivity index (χ1n) is 48.5. The topological polar surface area (TPSA) is 278 Å². The average Bonchev–Trinajstić information content (AvgIpc) is 0.838. The van der Waals surface area contributed by atoms with Crippen molar-refractivity contribution in [3.63, 3.8) is 0 Å². The minimum atomic E-state index is -1.67. The molecule has 0 radical (unpaired) electrons. The molecule has 4 heterocycles. The maximum Gasteiger partial charge on any atom is 1.00 e. The number of fused-ring (bicyclic) bond motifs is 8. The second kappa shape index (κ2) is 49.5. The first kappa shape index (κ1) is 113. The van der Waals surface area contributed by atoms with Crippen molar-refractivity contribution >= 4 is 208 Å². The Hall–Kier alpha value is -11.2. The minimum absolute atomic E-state index is 0. The van der Waals surface area contributed by atoms with Crippen LogP contribution in [-0.2, 0) is 23.4 Å². The van der Waals surface area contributed by atoms with Gasteiger partial charge in [-0.25, -0.2) is 23.4 Å². The number of benzene rings is 16. The largest absolute Gasteiger partial charge is 1.00 e. The van der Waals surface area contributed by atoms with Crippen molar-refractivity contribution < 1.29 is 109 Å². The fourth-order valence-electron chi connectivity index (χ4n) is 21.5. The molecule has 4 saturated heterocycles. The van der Waals surface area contributed by atoms with Gasteiger partial charge in [0.05, 0.1) is 36.9 Å². The molecule has 4 fully saturated rings. The number of aliphatic hydroxyl groups excluding tert-OH is 1. The summed E-state index contributed by atoms with van der Waals surface area (Å²) in [6.07, 6.45) is 6.82. The summed E-state index contributed by atoms with van der Waals surface area (Å²) < 4.78 is 41.9. The van der Waals surface area contributed by atoms with Crippen molar-refractivity contribution in [1.82, 2.24) is 16.0 Å². The van der Waals surface area contributed by atoms with Crippen molar-refractivity contribution in [1.29, 1.82) is 0 Å². The summed E-state index contributed by atoms with van der Waals surface area (Å²) in [5.74, 6) is -2.54. The van der Waals surface area contributed by atoms with Crippen molar-refractivity contribution in [2.45, 2.75) is 186 Å². The quantitative estimate of drug-likeness (QED) is 0.0335. The molecule has 0 aliphatic carbocycles. The normalized spacial score (nSPS) is 15.8. The van der Waals surface area contributed by atoms with Gasteiger partial charge >= 0.3 is 53.4 Å². The molecule has 0 spiro atoms. The maximum absolute atomic E-state index is 13.7. The number of rotatable bonds is 14. The number of esters is 2. The molecule has 0 saturated carbocycles. The van der Waals surface area contributed by atoms with E-state index in [-0.39, 0.29) is 106 Å². The van der Waals surface area contributed by atoms with Crippen LogP contribution in [0, 0.1) is 0 Å². The summed E-state index contributed by atoms with van der Waals surface area (Å²) in [6.45, 7) is 27.8. The van der Waals surface area contributed by atoms with Crippen LogP contribution in [0.4, 0.5) is 4.39 Å². The smallest absolute Gasteiger partial charge is 1.00 e. The van der Waals surface area contributed by atoms with Crippen LogP contribution in [0.5, 0.6) is 0 Å². The molecule has 0 aromatic heterocycles. The number of halogens is 7. The molecular weight excluding hydrogens is 2010 g/mol. The predicted octanol–water partition coefficient (Wildman–Crippen LogP) is 27.3. The summed E-state index contributed by atoms with van der Waals surface area (Å²) >= 11 is 23.0. The molecule has 16 aromatic carbocycles. The number of nitrogens with one attached hydrogen (secondary N) is 3. The Labute approximate surface area is 911 Å². The second-order valence-electron chi connectivity index (χ2n) is 40.5. The zero-order valence-corrected chi connectivity index (χ0v) is 91.4. The molecule has 0 bridgehead atoms. The molecule has 0 amide bonds. The Balaban J connectivity index is 0.000000179. The fourth-order valence-corrected chi connectivity index (χ4v) is 22.2. The Morgan fingerprint density at radius 2 is 0.469 bits per heavy atom. The van der Waals surface area contributed by atoms with Gasteiger partial charge < -0.3 is 46.9 Å². The van der Waals surface area contributed by atoms with Crippen LogP contribution in [0.3, 0.4) is 0 Å². The standard InChI is InChI=1S/C40H48N2O4.2C22H12Cl2O2.C22H14O4.C9H19NO.C4H8O.CH3F.Cl2OS.Na.H/c1-37(2)21-25(22-38(3,4)41-37)45-35(43)33-19-17-31(27-13-9-11-15-29(27)33)32-18-20-34(30-16-12-10-14-28(30)32)36(44)46-26-23-39(5,6)42-40(7,8)24-26;2*23-21(25)19-11-9-17(13-5-1-3-7-15(13)19)18-10-12-20(22(24)26)16-8-4-2-6-14(16)18;23-21(24)19-11-9-17(13-5-1-3-7-15(13)19)18-10-12-20(22(25)26)16-8-4-2-6-14(16)18;1-8(2)5-7(11)6-9(3,4)10-8;1-2-4-5-3-1;1-2;1-4(2)3;;/h9-20,25-26,41-42H,21-24H2,1-8H3;2*1-12H;1-12H,(H,23,24)(H,25,26);7,10-11H,5-6H2,1-4H3;1-4H2;1H3;;;/q;;;;;;;;+1;-1/i;;;;;;1D;;;. The number of carboxylic acid groups (broad SMARTS) is 2. The molecular formula is C120H117Cl6FN3NaO15S. The number of aromatic carboxylic acids is 2. The molecule has 20 rings (SSSR count). The summed E-state index contributed by atoms with van der Waals surface area (Å²) in [7, 11) is 6.36. The van der Waals surface area contributed by atoms with Gasteiger partial charge in [-0.2, -0.15) is 0 Å². The van der Waals surface area contributed by atoms with E-state index < -0.39 is 49.3 Å². The van der Waals surface area contributed by atoms with Crippen molar-refractivity contribution in [2.75, 3.05) is 20.4 Å². The zero-order chi connectivity index (χ0) is 106. The Morgan fingerprint density at radius 1 is 0.313 bits per heavy atom. The Kier molecular flexibility index (Phi) is 38.0. The van der Waals surface area contributed by atoms with Gasteiger partial charge in [-0.3, -0.25) is 23.6 Å². The number of carbonyl (C=O) groups is 8. The monoisotopic (exact) mass is 2120 g/mol. The number of piperidine rings is 3. The molecule has 0 unspecified atom stereocenters. The maximum atomic E-state index is 13.7. The van der Waals surface area contributed by atoms with Crippen molar-refractivity contribution in [3.05, 3.63) is 336 Å². The molecule has 27 heteroatoms. The first-order valence-corrected chi connectivity index (χ1v) is 52.1. The van der Waals surface area contributed by atoms with Gasteiger partial charge in [0, 0.05) is 116 Å². The van der Waals surface area contributed by atoms with E-state index in [0.717, 1.165) is 172 Å². The molecule has 758 valence electrons. The van der Waals surface area contributed by atoms with Crippen LogP contribution in [0.25, 0.3) is 131 Å². The van der Waals surface area contributed by atoms with Crippen LogP contribution in [0.2, 0.25) is 0 Å². The number of carbonyl (C=O) groups excluding carboxylic acids is 6. The molecule has 18 nitrogen and oxygen atoms in total. The predicted molar refractivity (Wildman–Crippen MR) is 596 cm³/mol. The zero-order valence-electron chi connectivity index (χ0n) is 86.0. The van der Waals surface area contributed by atoms with Gasteiger partial charge in [-0.15, -0.1) is 0 Å². The average molecular weight is 2130 g/mol. The molecule has 147 heavy (non-hydrogen) atoms. The van der Waals surface area contributed by atoms with E-state index >= 15 is 0 Å². The van der Waals surface area contributed by atoms with Gasteiger partial charge in [-0.1, -0.05) is 243 Å². The van der Waals surface area contributed by atoms with E-state index in [4.69, 9.17) is 66.2 Å². The molecule has 16 aromatic rings. The fraction of sp³-hybridized carbons (Fsp3) is 0.267. The van der Waals surface area contributed by atoms with Crippen molar-refractivity contribution in [3.8, 4) is 44.5 Å². The number of hydrogen-bond acceptors (Lipinski definition) is 16. The van der Waals surface area contributed by atoms with Gasteiger partial charge in [-0.05, 0) is 334 Å². The van der Waals surface area contributed by atoms with Crippen molar-refractivity contribution in [2.24, 2.45) is 0 Å². The molecule has 4 aliphatic heterocycles. The number of carboxylic acids is 2. The third kappa shape index (κ3) is 28.3. The van der Waals surface area contributed by atoms with Crippen LogP contribution in [0.15, 0.2) is 291 Å². The Bertz CT molecular complexity index is 6810. The Morgan fingerprint density at radius 3 is 0.633 bits per heavy atom. The van der Waals surface area contributed by atoms with Crippen LogP contribution < -0.4 is 45.5 Å². The summed E-state index contributed by atoms with van der Waals surface area (Å²) in [5, 5.41) is 50.8. The van der Waals surface area contributed by atoms with E-state index in [1.54, 1.807) is 60.7 Å². The number of hydrogen-bond donors (Lipinski definition) is 6. The number of alkyl halides is 1. The summed E-state index contributed by atoms with van der Waals surface area (Å²) in [4.78, 5) is 97.4. The van der Waals surface area contributed by atoms with Gasteiger partial charge in [0.15, 0.2) is 0 Å². The summed E-state index contributed by atoms with van der Waals surface area (Å²) in [6, 6.07) is 90.3. The van der Waals surface area contributed by atoms with E-state index in [1.165, 1.54) is 12.8 Å². The van der Waals surface area contributed by atoms with E-state index in [2.05, 4.69) is 133 Å². The van der Waals surface area contributed by atoms with E-state index in [0.29, 0.717) is 44.2 Å². The van der Waals surface area contributed by atoms with Gasteiger partial charge in [0.1, 0.15) is 12.2 Å². The summed E-state index contributed by atoms with van der Waals surface area (Å²) in [5.41, 5.74) is 10.8. The first-order chi connectivity index (χ1) is 69.7. The molecule has 0 atom stereocenters. The SMILES string of the molecule is C1CCOC1.CC1(C)CC(O)CC(C)(C)N1.CC1(C)CC(OC(=O)c2ccc(-c3ccc(C(=O)OC4CC(C)(C)NC(C)(C)C4)c4ccccc34)c3ccccc23)CC(C)(C)N1.O=C(Cl)c1ccc(-c2ccc(C(=O)Cl)c3ccccc23)c2ccccc12.O=C(Cl)c1ccc(-c2ccc(C(=O)Cl)c3ccccc23)c2ccccc12.O=C(O)c1ccc(-c2ccc(C(=O)O)c3ccccc23)c2ccccc12.O=S(Cl)Cl.[2H]CF.[H-].[Na+]. The van der Waals surface area contributed by atoms with Crippen LogP contribution >= 0.6 is 67.8 Å². The van der Waals surface area contributed by atoms with Crippen LogP contribution in [-0.4, -0.2) is 136 Å².